The van der Waals surface area contributed by atoms with Crippen LogP contribution in [0, 0.1) is 0 Å². The molecule has 0 rings (SSSR count). The van der Waals surface area contributed by atoms with Gasteiger partial charge in [-0.25, -0.2) is 0 Å². The Balaban J connectivity index is 3.96. The van der Waals surface area contributed by atoms with Crippen LogP contribution in [0.15, 0.2) is 0 Å². The van der Waals surface area contributed by atoms with E-state index < -0.39 is 17.1 Å². The first kappa shape index (κ1) is 12.4. The molecule has 0 aromatic rings. The summed E-state index contributed by atoms with van der Waals surface area (Å²) >= 11 is 0. The van der Waals surface area contributed by atoms with E-state index in [0.29, 0.717) is 6.61 Å². The van der Waals surface area contributed by atoms with Gasteiger partial charge < -0.3 is 15.6 Å². The lowest BCUT2D eigenvalue weighted by Crippen LogP contribution is -2.41. The maximum atomic E-state index is 10.4. The molecule has 0 bridgehead atoms. The monoisotopic (exact) mass is 189 g/mol. The van der Waals surface area contributed by atoms with Crippen LogP contribution in [0.4, 0.5) is 0 Å². The second kappa shape index (κ2) is 4.07. The molecular weight excluding hydrogens is 170 g/mol. The van der Waals surface area contributed by atoms with Gasteiger partial charge in [0.2, 0.25) is 0 Å². The van der Waals surface area contributed by atoms with Crippen LogP contribution in [0.25, 0.3) is 0 Å². The molecule has 78 valence electrons. The van der Waals surface area contributed by atoms with E-state index in [9.17, 15) is 4.79 Å². The lowest BCUT2D eigenvalue weighted by molar-refractivity contribution is -0.144. The third-order valence-corrected chi connectivity index (χ3v) is 1.41. The highest BCUT2D eigenvalue weighted by molar-refractivity contribution is 5.67. The number of carbonyl (C=O) groups is 1. The molecule has 0 aromatic heterocycles. The number of rotatable bonds is 5. The molecule has 0 saturated heterocycles. The van der Waals surface area contributed by atoms with E-state index in [0.717, 1.165) is 0 Å². The van der Waals surface area contributed by atoms with E-state index >= 15 is 0 Å². The van der Waals surface area contributed by atoms with Crippen molar-refractivity contribution in [3.63, 3.8) is 0 Å². The van der Waals surface area contributed by atoms with Gasteiger partial charge >= 0.3 is 5.97 Å². The quantitative estimate of drug-likeness (QED) is 0.676. The van der Waals surface area contributed by atoms with E-state index in [4.69, 9.17) is 15.6 Å². The number of nitrogens with two attached hydrogens (primary N) is 1. The van der Waals surface area contributed by atoms with Gasteiger partial charge in [-0.3, -0.25) is 4.79 Å². The summed E-state index contributed by atoms with van der Waals surface area (Å²) in [7, 11) is 0. The van der Waals surface area contributed by atoms with Crippen molar-refractivity contribution in [2.24, 2.45) is 5.73 Å². The molecule has 0 radical (unpaired) electrons. The molecule has 4 heteroatoms. The van der Waals surface area contributed by atoms with Gasteiger partial charge in [-0.1, -0.05) is 0 Å². The summed E-state index contributed by atoms with van der Waals surface area (Å²) in [6.07, 6.45) is -0.0108. The normalized spacial score (nSPS) is 13.0. The fourth-order valence-electron chi connectivity index (χ4n) is 0.797. The number of carboxylic acid groups (broad SMARTS) is 1. The van der Waals surface area contributed by atoms with E-state index in [1.165, 1.54) is 0 Å². The summed E-state index contributed by atoms with van der Waals surface area (Å²) in [5.74, 6) is -0.861. The van der Waals surface area contributed by atoms with Crippen LogP contribution in [-0.2, 0) is 9.53 Å². The zero-order valence-corrected chi connectivity index (χ0v) is 8.76. The van der Waals surface area contributed by atoms with Gasteiger partial charge in [-0.15, -0.1) is 0 Å². The zero-order valence-electron chi connectivity index (χ0n) is 8.76. The molecule has 0 atom stereocenters. The maximum Gasteiger partial charge on any atom is 0.306 e. The first-order valence-corrected chi connectivity index (χ1v) is 4.27. The number of aliphatic carboxylic acids is 1. The predicted octanol–water partition coefficient (Wildman–Crippen LogP) is 0.994. The summed E-state index contributed by atoms with van der Waals surface area (Å²) in [5, 5.41) is 8.57. The molecule has 0 saturated carbocycles. The number of hydrogen-bond donors (Lipinski definition) is 2. The Morgan fingerprint density at radius 1 is 1.38 bits per heavy atom. The molecule has 0 aliphatic carbocycles. The summed E-state index contributed by atoms with van der Waals surface area (Å²) in [6.45, 7) is 7.51. The van der Waals surface area contributed by atoms with Crippen LogP contribution >= 0.6 is 0 Å². The Kier molecular flexibility index (Phi) is 3.88. The van der Waals surface area contributed by atoms with Crippen molar-refractivity contribution < 1.29 is 14.6 Å². The highest BCUT2D eigenvalue weighted by Crippen LogP contribution is 2.16. The molecule has 0 fully saturated rings. The topological polar surface area (TPSA) is 72.5 Å². The van der Waals surface area contributed by atoms with Crippen LogP contribution in [-0.4, -0.2) is 28.8 Å². The second-order valence-electron chi connectivity index (χ2n) is 4.61. The molecule has 0 heterocycles. The van der Waals surface area contributed by atoms with Crippen LogP contribution in [0.5, 0.6) is 0 Å². The molecule has 13 heavy (non-hydrogen) atoms. The minimum Gasteiger partial charge on any atom is -0.481 e. The molecule has 0 unspecified atom stereocenters. The van der Waals surface area contributed by atoms with Gasteiger partial charge in [0, 0.05) is 5.54 Å². The third-order valence-electron chi connectivity index (χ3n) is 1.41. The van der Waals surface area contributed by atoms with Gasteiger partial charge in [0.15, 0.2) is 0 Å². The summed E-state index contributed by atoms with van der Waals surface area (Å²) in [6, 6.07) is 0. The first-order chi connectivity index (χ1) is 5.62. The number of ether oxygens (including phenoxy) is 1. The fraction of sp³-hybridized carbons (Fsp3) is 0.889. The van der Waals surface area contributed by atoms with E-state index in [1.54, 1.807) is 13.8 Å². The predicted molar refractivity (Wildman–Crippen MR) is 50.6 cm³/mol. The smallest absolute Gasteiger partial charge is 0.306 e. The van der Waals surface area contributed by atoms with Crippen molar-refractivity contribution in [2.45, 2.75) is 45.3 Å². The SMILES string of the molecule is CC(C)(N)COC(C)(C)CC(=O)O. The Morgan fingerprint density at radius 3 is 2.15 bits per heavy atom. The van der Waals surface area contributed by atoms with Gasteiger partial charge in [0.25, 0.3) is 0 Å². The van der Waals surface area contributed by atoms with E-state index in [2.05, 4.69) is 0 Å². The minimum absolute atomic E-state index is 0.0108. The Hall–Kier alpha value is -0.610. The summed E-state index contributed by atoms with van der Waals surface area (Å²) < 4.78 is 5.40. The summed E-state index contributed by atoms with van der Waals surface area (Å²) in [4.78, 5) is 10.4. The van der Waals surface area contributed by atoms with Crippen LogP contribution < -0.4 is 5.73 Å². The van der Waals surface area contributed by atoms with Crippen molar-refractivity contribution >= 4 is 5.97 Å². The van der Waals surface area contributed by atoms with Crippen LogP contribution in [0.2, 0.25) is 0 Å². The standard InChI is InChI=1S/C9H19NO3/c1-8(2,10)6-13-9(3,4)5-7(11)12/h5-6,10H2,1-4H3,(H,11,12). The van der Waals surface area contributed by atoms with Crippen molar-refractivity contribution in [1.82, 2.24) is 0 Å². The number of carboxylic acids is 1. The summed E-state index contributed by atoms with van der Waals surface area (Å²) in [5.41, 5.74) is 4.63. The van der Waals surface area contributed by atoms with Crippen LogP contribution in [0.3, 0.4) is 0 Å². The van der Waals surface area contributed by atoms with Gasteiger partial charge in [-0.05, 0) is 27.7 Å². The lowest BCUT2D eigenvalue weighted by atomic mass is 10.0. The van der Waals surface area contributed by atoms with Gasteiger partial charge in [0.05, 0.1) is 18.6 Å². The van der Waals surface area contributed by atoms with Gasteiger partial charge in [0.1, 0.15) is 0 Å². The zero-order chi connectivity index (χ0) is 10.7. The highest BCUT2D eigenvalue weighted by Gasteiger charge is 2.24. The molecule has 0 aliphatic heterocycles. The average molecular weight is 189 g/mol. The van der Waals surface area contributed by atoms with Gasteiger partial charge in [-0.2, -0.15) is 0 Å². The molecule has 0 aliphatic rings. The van der Waals surface area contributed by atoms with Crippen LogP contribution in [0.1, 0.15) is 34.1 Å². The Bertz CT molecular complexity index is 182. The van der Waals surface area contributed by atoms with Crippen molar-refractivity contribution in [1.29, 1.82) is 0 Å². The fourth-order valence-corrected chi connectivity index (χ4v) is 0.797. The van der Waals surface area contributed by atoms with E-state index in [-0.39, 0.29) is 6.42 Å². The Labute approximate surface area is 79.1 Å². The second-order valence-corrected chi connectivity index (χ2v) is 4.61. The highest BCUT2D eigenvalue weighted by atomic mass is 16.5. The first-order valence-electron chi connectivity index (χ1n) is 4.27. The lowest BCUT2D eigenvalue weighted by Gasteiger charge is -2.28. The largest absolute Gasteiger partial charge is 0.481 e. The molecule has 0 aromatic carbocycles. The van der Waals surface area contributed by atoms with Crippen molar-refractivity contribution in [3.05, 3.63) is 0 Å². The number of hydrogen-bond acceptors (Lipinski definition) is 3. The molecule has 4 nitrogen and oxygen atoms in total. The van der Waals surface area contributed by atoms with Crippen molar-refractivity contribution in [3.8, 4) is 0 Å². The van der Waals surface area contributed by atoms with E-state index in [1.807, 2.05) is 13.8 Å². The molecular formula is C9H19NO3. The minimum atomic E-state index is -0.861. The van der Waals surface area contributed by atoms with Crippen molar-refractivity contribution in [2.75, 3.05) is 6.61 Å². The molecule has 0 amide bonds. The average Bonchev–Trinajstić information content (AvgIpc) is 1.79. The Morgan fingerprint density at radius 2 is 1.85 bits per heavy atom. The third kappa shape index (κ3) is 7.74. The molecule has 3 N–H and O–H groups in total. The molecule has 0 spiro atoms. The maximum absolute atomic E-state index is 10.4.